The number of furan rings is 1. The molecule has 19 heavy (non-hydrogen) atoms. The highest BCUT2D eigenvalue weighted by Gasteiger charge is 2.35. The molecule has 3 rings (SSSR count). The smallest absolute Gasteiger partial charge is 0.133 e. The highest BCUT2D eigenvalue weighted by molar-refractivity contribution is 5.16. The van der Waals surface area contributed by atoms with E-state index in [9.17, 15) is 5.11 Å². The van der Waals surface area contributed by atoms with Gasteiger partial charge in [-0.1, -0.05) is 0 Å². The molecule has 1 saturated carbocycles. The lowest BCUT2D eigenvalue weighted by atomic mass is 9.80. The number of aromatic nitrogens is 2. The molecule has 1 fully saturated rings. The van der Waals surface area contributed by atoms with Crippen LogP contribution in [0.5, 0.6) is 0 Å². The van der Waals surface area contributed by atoms with Crippen LogP contribution in [0.15, 0.2) is 35.2 Å². The Morgan fingerprint density at radius 2 is 2.42 bits per heavy atom. The van der Waals surface area contributed by atoms with Crippen molar-refractivity contribution < 1.29 is 9.52 Å². The Kier molecular flexibility index (Phi) is 3.16. The fourth-order valence-corrected chi connectivity index (χ4v) is 2.48. The second kappa shape index (κ2) is 4.83. The molecule has 1 unspecified atom stereocenters. The molecule has 0 aromatic carbocycles. The van der Waals surface area contributed by atoms with E-state index < -0.39 is 5.60 Å². The third-order valence-corrected chi connectivity index (χ3v) is 3.86. The average Bonchev–Trinajstić information content (AvgIpc) is 3.00. The first kappa shape index (κ1) is 12.4. The third-order valence-electron chi connectivity index (χ3n) is 3.86. The number of aliphatic hydroxyl groups is 1. The molecule has 1 aliphatic carbocycles. The molecule has 1 aliphatic rings. The van der Waals surface area contributed by atoms with Gasteiger partial charge < -0.3 is 14.1 Å². The van der Waals surface area contributed by atoms with Gasteiger partial charge in [-0.25, -0.2) is 4.98 Å². The second-order valence-corrected chi connectivity index (χ2v) is 5.30. The van der Waals surface area contributed by atoms with Gasteiger partial charge in [-0.2, -0.15) is 0 Å². The second-order valence-electron chi connectivity index (χ2n) is 5.30. The van der Waals surface area contributed by atoms with E-state index >= 15 is 0 Å². The van der Waals surface area contributed by atoms with Gasteiger partial charge in [0, 0.05) is 26.0 Å². The van der Waals surface area contributed by atoms with Gasteiger partial charge >= 0.3 is 0 Å². The predicted octanol–water partition coefficient (Wildman–Crippen LogP) is 1.61. The van der Waals surface area contributed by atoms with Gasteiger partial charge in [0.05, 0.1) is 11.9 Å². The van der Waals surface area contributed by atoms with E-state index in [-0.39, 0.29) is 6.04 Å². The summed E-state index contributed by atoms with van der Waals surface area (Å²) in [5.41, 5.74) is -0.560. The number of imidazole rings is 1. The van der Waals surface area contributed by atoms with Gasteiger partial charge in [0.15, 0.2) is 0 Å². The lowest BCUT2D eigenvalue weighted by Gasteiger charge is -2.37. The molecule has 0 radical (unpaired) electrons. The molecule has 0 bridgehead atoms. The molecule has 0 spiro atoms. The first-order valence-electron chi connectivity index (χ1n) is 6.64. The van der Waals surface area contributed by atoms with E-state index in [4.69, 9.17) is 4.42 Å². The summed E-state index contributed by atoms with van der Waals surface area (Å²) in [6.45, 7) is 0.561. The minimum absolute atomic E-state index is 0.125. The van der Waals surface area contributed by atoms with E-state index in [1.54, 1.807) is 12.5 Å². The van der Waals surface area contributed by atoms with E-state index in [2.05, 4.69) is 10.3 Å². The van der Waals surface area contributed by atoms with Crippen LogP contribution in [0.1, 0.15) is 36.9 Å². The zero-order chi connectivity index (χ0) is 13.3. The van der Waals surface area contributed by atoms with Crippen molar-refractivity contribution in [1.82, 2.24) is 14.9 Å². The summed E-state index contributed by atoms with van der Waals surface area (Å²) in [6, 6.07) is 3.67. The van der Waals surface area contributed by atoms with Crippen LogP contribution in [0, 0.1) is 0 Å². The molecule has 102 valence electrons. The van der Waals surface area contributed by atoms with Crippen molar-refractivity contribution >= 4 is 0 Å². The quantitative estimate of drug-likeness (QED) is 0.858. The largest absolute Gasteiger partial charge is 0.467 e. The molecule has 2 heterocycles. The molecule has 5 heteroatoms. The first-order valence-corrected chi connectivity index (χ1v) is 6.64. The summed E-state index contributed by atoms with van der Waals surface area (Å²) in [5, 5.41) is 13.6. The zero-order valence-corrected chi connectivity index (χ0v) is 11.0. The lowest BCUT2D eigenvalue weighted by molar-refractivity contribution is -0.0330. The summed E-state index contributed by atoms with van der Waals surface area (Å²) in [5.74, 6) is 1.70. The Labute approximate surface area is 112 Å². The average molecular weight is 261 g/mol. The topological polar surface area (TPSA) is 63.2 Å². The number of hydrogen-bond acceptors (Lipinski definition) is 4. The van der Waals surface area contributed by atoms with Crippen molar-refractivity contribution in [2.45, 2.75) is 30.9 Å². The van der Waals surface area contributed by atoms with Crippen LogP contribution in [0.2, 0.25) is 0 Å². The summed E-state index contributed by atoms with van der Waals surface area (Å²) in [4.78, 5) is 4.38. The maximum atomic E-state index is 10.2. The van der Waals surface area contributed by atoms with Crippen molar-refractivity contribution in [3.8, 4) is 0 Å². The summed E-state index contributed by atoms with van der Waals surface area (Å²) in [7, 11) is 1.96. The van der Waals surface area contributed by atoms with Crippen molar-refractivity contribution in [3.05, 3.63) is 42.4 Å². The van der Waals surface area contributed by atoms with Gasteiger partial charge in [0.25, 0.3) is 0 Å². The Bertz CT molecular complexity index is 529. The highest BCUT2D eigenvalue weighted by Crippen LogP contribution is 2.32. The summed E-state index contributed by atoms with van der Waals surface area (Å²) >= 11 is 0. The number of hydrogen-bond donors (Lipinski definition) is 2. The standard InChI is InChI=1S/C14H19N3O2/c1-17-8-7-15-13(17)12(11-4-2-9-19-11)16-10-14(18)5-3-6-14/h2,4,7-9,12,16,18H,3,5-6,10H2,1H3. The van der Waals surface area contributed by atoms with E-state index in [0.29, 0.717) is 6.54 Å². The van der Waals surface area contributed by atoms with Crippen molar-refractivity contribution in [3.63, 3.8) is 0 Å². The van der Waals surface area contributed by atoms with E-state index in [0.717, 1.165) is 30.8 Å². The van der Waals surface area contributed by atoms with Crippen LogP contribution in [0.4, 0.5) is 0 Å². The van der Waals surface area contributed by atoms with Crippen molar-refractivity contribution in [2.75, 3.05) is 6.54 Å². The third kappa shape index (κ3) is 2.43. The Morgan fingerprint density at radius 3 is 2.95 bits per heavy atom. The molecule has 5 nitrogen and oxygen atoms in total. The Morgan fingerprint density at radius 1 is 1.58 bits per heavy atom. The van der Waals surface area contributed by atoms with E-state index in [1.165, 1.54) is 0 Å². The van der Waals surface area contributed by atoms with Gasteiger partial charge in [0.1, 0.15) is 17.6 Å². The summed E-state index contributed by atoms with van der Waals surface area (Å²) < 4.78 is 7.46. The molecule has 0 aliphatic heterocycles. The molecule has 2 aromatic heterocycles. The fraction of sp³-hybridized carbons (Fsp3) is 0.500. The molecular weight excluding hydrogens is 242 g/mol. The van der Waals surface area contributed by atoms with Gasteiger partial charge in [0.2, 0.25) is 0 Å². The molecule has 2 aromatic rings. The van der Waals surface area contributed by atoms with Crippen LogP contribution in [0.25, 0.3) is 0 Å². The molecular formula is C14H19N3O2. The number of rotatable bonds is 5. The Balaban J connectivity index is 1.79. The van der Waals surface area contributed by atoms with Crippen LogP contribution >= 0.6 is 0 Å². The monoisotopic (exact) mass is 261 g/mol. The van der Waals surface area contributed by atoms with Gasteiger partial charge in [-0.05, 0) is 31.4 Å². The normalized spacial score (nSPS) is 19.1. The Hall–Kier alpha value is -1.59. The number of nitrogens with zero attached hydrogens (tertiary/aromatic N) is 2. The SMILES string of the molecule is Cn1ccnc1C(NCC1(O)CCC1)c1ccco1. The molecule has 0 amide bonds. The predicted molar refractivity (Wildman–Crippen MR) is 70.6 cm³/mol. The number of aryl methyl sites for hydroxylation is 1. The molecule has 0 saturated heterocycles. The van der Waals surface area contributed by atoms with Crippen LogP contribution in [-0.4, -0.2) is 26.8 Å². The maximum Gasteiger partial charge on any atom is 0.133 e. The lowest BCUT2D eigenvalue weighted by Crippen LogP contribution is -2.47. The van der Waals surface area contributed by atoms with Crippen LogP contribution in [0.3, 0.4) is 0 Å². The number of nitrogens with one attached hydrogen (secondary N) is 1. The van der Waals surface area contributed by atoms with Crippen LogP contribution < -0.4 is 5.32 Å². The van der Waals surface area contributed by atoms with Gasteiger partial charge in [-0.15, -0.1) is 0 Å². The minimum atomic E-state index is -0.560. The highest BCUT2D eigenvalue weighted by atomic mass is 16.3. The maximum absolute atomic E-state index is 10.2. The van der Waals surface area contributed by atoms with Crippen LogP contribution in [-0.2, 0) is 7.05 Å². The minimum Gasteiger partial charge on any atom is -0.467 e. The molecule has 1 atom stereocenters. The zero-order valence-electron chi connectivity index (χ0n) is 11.0. The van der Waals surface area contributed by atoms with E-state index in [1.807, 2.05) is 29.9 Å². The van der Waals surface area contributed by atoms with Gasteiger partial charge in [-0.3, -0.25) is 5.32 Å². The van der Waals surface area contributed by atoms with Crippen molar-refractivity contribution in [2.24, 2.45) is 7.05 Å². The summed E-state index contributed by atoms with van der Waals surface area (Å²) in [6.07, 6.45) is 8.17. The van der Waals surface area contributed by atoms with Crippen molar-refractivity contribution in [1.29, 1.82) is 0 Å². The first-order chi connectivity index (χ1) is 9.18. The molecule has 2 N–H and O–H groups in total. The fourth-order valence-electron chi connectivity index (χ4n) is 2.48.